The van der Waals surface area contributed by atoms with Crippen LogP contribution in [0, 0.1) is 29.4 Å². The van der Waals surface area contributed by atoms with E-state index in [0.29, 0.717) is 23.4 Å². The summed E-state index contributed by atoms with van der Waals surface area (Å²) in [5.41, 5.74) is 1.46. The number of urea groups is 1. The number of non-ortho nitro benzene ring substituents is 1. The van der Waals surface area contributed by atoms with Gasteiger partial charge in [-0.15, -0.1) is 0 Å². The van der Waals surface area contributed by atoms with Crippen LogP contribution in [0.5, 0.6) is 0 Å². The molecule has 1 spiro atoms. The van der Waals surface area contributed by atoms with Gasteiger partial charge in [0.2, 0.25) is 5.91 Å². The average molecular weight is 479 g/mol. The minimum absolute atomic E-state index is 0.0907. The molecule has 0 bridgehead atoms. The third kappa shape index (κ3) is 3.31. The van der Waals surface area contributed by atoms with Crippen LogP contribution in [-0.4, -0.2) is 47.6 Å². The standard InChI is InChI=1S/C25H26N4O6/c1-13-5-7-19(14(2)9-13)28-23(31)25(22(30)26-24(28)32)11-17-10-18(29(33)34)6-8-20(17)27-12-15(3)35-16(4)21(25)27/h5-10,15-16,21H,11-12H2,1-4H3,(H,26,30,32)/t15-,16+,21-,25-/m1/s1. The molecule has 3 aliphatic heterocycles. The molecule has 4 amide bonds. The minimum Gasteiger partial charge on any atom is -0.372 e. The Kier molecular flexibility index (Phi) is 5.17. The number of barbiturate groups is 1. The smallest absolute Gasteiger partial charge is 0.335 e. The summed E-state index contributed by atoms with van der Waals surface area (Å²) in [4.78, 5) is 54.9. The van der Waals surface area contributed by atoms with Crippen molar-refractivity contribution in [2.45, 2.75) is 52.4 Å². The lowest BCUT2D eigenvalue weighted by molar-refractivity contribution is -0.384. The molecular weight excluding hydrogens is 452 g/mol. The Hall–Kier alpha value is -3.79. The second kappa shape index (κ2) is 7.88. The molecule has 3 aliphatic rings. The Morgan fingerprint density at radius 1 is 1.09 bits per heavy atom. The monoisotopic (exact) mass is 478 g/mol. The van der Waals surface area contributed by atoms with Gasteiger partial charge in [0.05, 0.1) is 28.9 Å². The highest BCUT2D eigenvalue weighted by atomic mass is 16.6. The van der Waals surface area contributed by atoms with Gasteiger partial charge in [-0.05, 0) is 51.0 Å². The number of hydrogen-bond donors (Lipinski definition) is 1. The zero-order chi connectivity index (χ0) is 25.2. The van der Waals surface area contributed by atoms with E-state index in [1.54, 1.807) is 25.1 Å². The highest BCUT2D eigenvalue weighted by Crippen LogP contribution is 2.49. The van der Waals surface area contributed by atoms with Crippen LogP contribution in [0.3, 0.4) is 0 Å². The van der Waals surface area contributed by atoms with Crippen LogP contribution in [0.2, 0.25) is 0 Å². The summed E-state index contributed by atoms with van der Waals surface area (Å²) in [5.74, 6) is -1.37. The highest BCUT2D eigenvalue weighted by Gasteiger charge is 2.65. The number of rotatable bonds is 2. The fraction of sp³-hybridized carbons (Fsp3) is 0.400. The maximum atomic E-state index is 14.3. The number of benzene rings is 2. The summed E-state index contributed by atoms with van der Waals surface area (Å²) in [7, 11) is 0. The summed E-state index contributed by atoms with van der Waals surface area (Å²) in [5, 5.41) is 13.9. The summed E-state index contributed by atoms with van der Waals surface area (Å²) in [6.07, 6.45) is -0.809. The van der Waals surface area contributed by atoms with Crippen molar-refractivity contribution >= 4 is 34.9 Å². The van der Waals surface area contributed by atoms with E-state index in [9.17, 15) is 24.5 Å². The van der Waals surface area contributed by atoms with Crippen molar-refractivity contribution in [3.63, 3.8) is 0 Å². The molecule has 3 heterocycles. The number of nitrogens with one attached hydrogen (secondary N) is 1. The molecule has 5 rings (SSSR count). The Bertz CT molecular complexity index is 1290. The second-order valence-electron chi connectivity index (χ2n) is 9.66. The number of carbonyl (C=O) groups is 3. The molecule has 0 radical (unpaired) electrons. The Morgan fingerprint density at radius 2 is 1.80 bits per heavy atom. The van der Waals surface area contributed by atoms with Crippen molar-refractivity contribution in [2.75, 3.05) is 16.3 Å². The molecule has 4 atom stereocenters. The molecular formula is C25H26N4O6. The van der Waals surface area contributed by atoms with Crippen molar-refractivity contribution in [3.05, 3.63) is 63.2 Å². The predicted octanol–water partition coefficient (Wildman–Crippen LogP) is 3.02. The van der Waals surface area contributed by atoms with Crippen molar-refractivity contribution in [1.29, 1.82) is 0 Å². The number of hydrogen-bond acceptors (Lipinski definition) is 7. The quantitative estimate of drug-likeness (QED) is 0.400. The number of nitro benzene ring substituents is 1. The molecule has 2 aromatic rings. The lowest BCUT2D eigenvalue weighted by atomic mass is 9.66. The molecule has 10 heteroatoms. The van der Waals surface area contributed by atoms with Gasteiger partial charge >= 0.3 is 6.03 Å². The van der Waals surface area contributed by atoms with Crippen LogP contribution in [0.4, 0.5) is 21.9 Å². The second-order valence-corrected chi connectivity index (χ2v) is 9.66. The van der Waals surface area contributed by atoms with E-state index in [1.165, 1.54) is 12.1 Å². The van der Waals surface area contributed by atoms with Crippen LogP contribution >= 0.6 is 0 Å². The van der Waals surface area contributed by atoms with Gasteiger partial charge in [0, 0.05) is 30.8 Å². The van der Waals surface area contributed by atoms with E-state index in [4.69, 9.17) is 4.74 Å². The molecule has 2 saturated heterocycles. The van der Waals surface area contributed by atoms with Gasteiger partial charge in [0.1, 0.15) is 0 Å². The fourth-order valence-corrected chi connectivity index (χ4v) is 5.90. The lowest BCUT2D eigenvalue weighted by Crippen LogP contribution is -2.76. The van der Waals surface area contributed by atoms with E-state index in [1.807, 2.05) is 31.7 Å². The molecule has 1 N–H and O–H groups in total. The number of nitrogens with zero attached hydrogens (tertiary/aromatic N) is 3. The van der Waals surface area contributed by atoms with Crippen LogP contribution in [0.15, 0.2) is 36.4 Å². The Morgan fingerprint density at radius 3 is 2.49 bits per heavy atom. The highest BCUT2D eigenvalue weighted by molar-refractivity contribution is 6.31. The normalized spacial score (nSPS) is 28.0. The number of amides is 4. The molecule has 10 nitrogen and oxygen atoms in total. The van der Waals surface area contributed by atoms with Gasteiger partial charge in [0.15, 0.2) is 5.41 Å². The van der Waals surface area contributed by atoms with Crippen LogP contribution in [-0.2, 0) is 20.7 Å². The van der Waals surface area contributed by atoms with Crippen molar-refractivity contribution < 1.29 is 24.0 Å². The first-order valence-corrected chi connectivity index (χ1v) is 11.5. The number of carbonyl (C=O) groups excluding carboxylic acids is 3. The van der Waals surface area contributed by atoms with Crippen molar-refractivity contribution in [1.82, 2.24) is 5.32 Å². The molecule has 2 aromatic carbocycles. The topological polar surface area (TPSA) is 122 Å². The average Bonchev–Trinajstić information content (AvgIpc) is 2.78. The number of anilines is 2. The third-order valence-corrected chi connectivity index (χ3v) is 7.25. The fourth-order valence-electron chi connectivity index (χ4n) is 5.90. The molecule has 0 aromatic heterocycles. The van der Waals surface area contributed by atoms with Crippen LogP contribution in [0.25, 0.3) is 0 Å². The zero-order valence-corrected chi connectivity index (χ0v) is 19.9. The molecule has 0 saturated carbocycles. The molecule has 0 unspecified atom stereocenters. The largest absolute Gasteiger partial charge is 0.372 e. The van der Waals surface area contributed by atoms with Crippen LogP contribution in [0.1, 0.15) is 30.5 Å². The molecule has 182 valence electrons. The minimum atomic E-state index is -1.72. The van der Waals surface area contributed by atoms with Crippen molar-refractivity contribution in [2.24, 2.45) is 5.41 Å². The SMILES string of the molecule is Cc1ccc(N2C(=O)NC(=O)[C@]3(Cc4cc([N+](=O)[O-])ccc4N4C[C@@H](C)O[C@@H](C)[C@@H]43)C2=O)c(C)c1. The van der Waals surface area contributed by atoms with Gasteiger partial charge in [-0.25, -0.2) is 9.69 Å². The summed E-state index contributed by atoms with van der Waals surface area (Å²) in [6.45, 7) is 7.80. The predicted molar refractivity (Wildman–Crippen MR) is 127 cm³/mol. The third-order valence-electron chi connectivity index (χ3n) is 7.25. The number of imide groups is 2. The molecule has 0 aliphatic carbocycles. The Balaban J connectivity index is 1.72. The summed E-state index contributed by atoms with van der Waals surface area (Å²) >= 11 is 0. The lowest BCUT2D eigenvalue weighted by Gasteiger charge is -2.56. The van der Waals surface area contributed by atoms with E-state index in [0.717, 1.165) is 16.2 Å². The first kappa shape index (κ1) is 23.0. The van der Waals surface area contributed by atoms with Gasteiger partial charge in [-0.2, -0.15) is 0 Å². The number of ether oxygens (including phenoxy) is 1. The maximum Gasteiger partial charge on any atom is 0.335 e. The van der Waals surface area contributed by atoms with Crippen molar-refractivity contribution in [3.8, 4) is 0 Å². The maximum absolute atomic E-state index is 14.3. The van der Waals surface area contributed by atoms with Gasteiger partial charge in [-0.1, -0.05) is 17.7 Å². The van der Waals surface area contributed by atoms with E-state index in [2.05, 4.69) is 5.32 Å². The number of morpholine rings is 1. The van der Waals surface area contributed by atoms with E-state index < -0.39 is 40.3 Å². The number of fused-ring (bicyclic) bond motifs is 4. The van der Waals surface area contributed by atoms with E-state index >= 15 is 0 Å². The van der Waals surface area contributed by atoms with Crippen LogP contribution < -0.4 is 15.1 Å². The molecule has 2 fully saturated rings. The summed E-state index contributed by atoms with van der Waals surface area (Å²) in [6, 6.07) is 8.33. The number of aryl methyl sites for hydroxylation is 2. The van der Waals surface area contributed by atoms with Gasteiger partial charge in [0.25, 0.3) is 11.6 Å². The molecule has 35 heavy (non-hydrogen) atoms. The zero-order valence-electron chi connectivity index (χ0n) is 19.9. The summed E-state index contributed by atoms with van der Waals surface area (Å²) < 4.78 is 6.08. The first-order chi connectivity index (χ1) is 16.5. The van der Waals surface area contributed by atoms with Gasteiger partial charge in [-0.3, -0.25) is 25.0 Å². The van der Waals surface area contributed by atoms with Gasteiger partial charge < -0.3 is 9.64 Å². The first-order valence-electron chi connectivity index (χ1n) is 11.5. The Labute approximate surface area is 202 Å². The van der Waals surface area contributed by atoms with E-state index in [-0.39, 0.29) is 18.2 Å². The number of nitro groups is 1.